The fraction of sp³-hybridized carbons (Fsp3) is 0.417. The minimum absolute atomic E-state index is 0.222. The molecule has 0 heterocycles. The van der Waals surface area contributed by atoms with Crippen LogP contribution in [0.15, 0.2) is 36.4 Å². The average molecular weight is 242 g/mol. The number of hydrogen-bond donors (Lipinski definition) is 3. The molecule has 3 N–H and O–H groups in total. The normalized spacial score (nSPS) is 6.94. The minimum atomic E-state index is -1.17. The molecule has 0 radical (unpaired) electrons. The van der Waals surface area contributed by atoms with E-state index in [4.69, 9.17) is 15.2 Å². The number of carboxylic acid groups (broad SMARTS) is 1. The third-order valence-electron chi connectivity index (χ3n) is 0.969. The van der Waals surface area contributed by atoms with Crippen molar-refractivity contribution in [3.63, 3.8) is 0 Å². The molecule has 1 rings (SSSR count). The van der Waals surface area contributed by atoms with Crippen molar-refractivity contribution in [3.05, 3.63) is 36.4 Å². The molecule has 0 atom stereocenters. The molecule has 0 bridgehead atoms. The number of hydrogen-bond acceptors (Lipinski definition) is 3. The zero-order valence-corrected chi connectivity index (χ0v) is 11.0. The van der Waals surface area contributed by atoms with Gasteiger partial charge in [0.25, 0.3) is 0 Å². The van der Waals surface area contributed by atoms with Crippen LogP contribution in [-0.2, 0) is 4.79 Å². The van der Waals surface area contributed by atoms with Gasteiger partial charge in [-0.15, -0.1) is 0 Å². The third-order valence-corrected chi connectivity index (χ3v) is 0.969. The highest BCUT2D eigenvalue weighted by atomic mass is 16.4. The Balaban J connectivity index is -0.000000165. The minimum Gasteiger partial charge on any atom is -0.481 e. The van der Waals surface area contributed by atoms with Crippen LogP contribution in [-0.4, -0.2) is 28.2 Å². The summed E-state index contributed by atoms with van der Waals surface area (Å²) in [6.45, 7) is 6.88. The van der Waals surface area contributed by atoms with Gasteiger partial charge >= 0.3 is 13.1 Å². The molecule has 0 saturated carbocycles. The van der Waals surface area contributed by atoms with Crippen molar-refractivity contribution in [1.29, 1.82) is 0 Å². The topological polar surface area (TPSA) is 77.8 Å². The van der Waals surface area contributed by atoms with Crippen LogP contribution in [0.1, 0.15) is 27.2 Å². The fourth-order valence-electron chi connectivity index (χ4n) is 0.385. The van der Waals surface area contributed by atoms with Crippen LogP contribution in [0.4, 0.5) is 0 Å². The maximum Gasteiger partial charge on any atom is 0.448 e. The van der Waals surface area contributed by atoms with E-state index in [0.29, 0.717) is 0 Å². The highest BCUT2D eigenvalue weighted by Gasteiger charge is 1.86. The van der Waals surface area contributed by atoms with E-state index in [9.17, 15) is 4.79 Å². The Morgan fingerprint density at radius 2 is 1.12 bits per heavy atom. The zero-order chi connectivity index (χ0) is 14.1. The summed E-state index contributed by atoms with van der Waals surface area (Å²) in [6.07, 6.45) is 0.222. The second-order valence-electron chi connectivity index (χ2n) is 2.53. The number of carbonyl (C=O) groups is 1. The molecule has 0 amide bonds. The molecule has 0 fully saturated rings. The molecule has 98 valence electrons. The molecule has 0 aliphatic heterocycles. The highest BCUT2D eigenvalue weighted by molar-refractivity contribution is 6.38. The average Bonchev–Trinajstić information content (AvgIpc) is 2.34. The van der Waals surface area contributed by atoms with Gasteiger partial charge in [0.1, 0.15) is 0 Å². The Kier molecular flexibility index (Phi) is 24.9. The van der Waals surface area contributed by atoms with E-state index in [1.807, 2.05) is 50.2 Å². The predicted molar refractivity (Wildman–Crippen MR) is 71.8 cm³/mol. The first-order valence-electron chi connectivity index (χ1n) is 5.58. The van der Waals surface area contributed by atoms with Gasteiger partial charge in [0.05, 0.1) is 0 Å². The van der Waals surface area contributed by atoms with E-state index in [2.05, 4.69) is 0 Å². The van der Waals surface area contributed by atoms with Crippen molar-refractivity contribution < 1.29 is 19.9 Å². The van der Waals surface area contributed by atoms with Gasteiger partial charge in [-0.2, -0.15) is 0 Å². The lowest BCUT2D eigenvalue weighted by molar-refractivity contribution is -0.136. The second-order valence-corrected chi connectivity index (χ2v) is 2.53. The molecule has 17 heavy (non-hydrogen) atoms. The maximum atomic E-state index is 9.37. The predicted octanol–water partition coefficient (Wildman–Crippen LogP) is 2.28. The number of aliphatic carboxylic acids is 1. The number of rotatable bonds is 1. The summed E-state index contributed by atoms with van der Waals surface area (Å²) in [7, 11) is -1.17. The summed E-state index contributed by atoms with van der Waals surface area (Å²) < 4.78 is 0. The monoisotopic (exact) mass is 242 g/mol. The van der Waals surface area contributed by atoms with Crippen LogP contribution < -0.4 is 0 Å². The molecule has 0 aromatic heterocycles. The maximum absolute atomic E-state index is 9.37. The Labute approximate surface area is 104 Å². The molecule has 0 saturated heterocycles. The largest absolute Gasteiger partial charge is 0.481 e. The first kappa shape index (κ1) is 21.0. The number of benzene rings is 1. The van der Waals surface area contributed by atoms with Crippen molar-refractivity contribution in [1.82, 2.24) is 0 Å². The van der Waals surface area contributed by atoms with Crippen molar-refractivity contribution >= 4 is 13.1 Å². The van der Waals surface area contributed by atoms with Crippen LogP contribution in [0.5, 0.6) is 0 Å². The Hall–Kier alpha value is -1.33. The molecule has 0 aliphatic carbocycles. The van der Waals surface area contributed by atoms with Gasteiger partial charge in [-0.25, -0.2) is 0 Å². The Morgan fingerprint density at radius 1 is 1.00 bits per heavy atom. The molecule has 4 nitrogen and oxygen atoms in total. The van der Waals surface area contributed by atoms with Crippen molar-refractivity contribution in [2.24, 2.45) is 0 Å². The van der Waals surface area contributed by atoms with Crippen LogP contribution >= 0.6 is 0 Å². The number of carboxylic acids is 1. The lowest BCUT2D eigenvalue weighted by atomic mass is 9.99. The van der Waals surface area contributed by atoms with Gasteiger partial charge in [0.15, 0.2) is 0 Å². The SMILES string of the molecule is CB(O)O.CC.CCC(=O)O.c1ccccc1. The van der Waals surface area contributed by atoms with E-state index in [0.717, 1.165) is 0 Å². The van der Waals surface area contributed by atoms with E-state index in [1.165, 1.54) is 6.82 Å². The quantitative estimate of drug-likeness (QED) is 0.660. The van der Waals surface area contributed by atoms with Gasteiger partial charge in [0, 0.05) is 6.42 Å². The first-order chi connectivity index (χ1) is 8.00. The standard InChI is InChI=1S/C6H6.C3H6O2.C2H6.CH5BO2/c1-2-4-6-5-3-1;1-2-3(4)5;1-2;1-2(3)4/h1-6H;2H2,1H3,(H,4,5);1-2H3;3-4H,1H3. The zero-order valence-electron chi connectivity index (χ0n) is 11.0. The molecule has 0 aliphatic rings. The molecule has 1 aromatic carbocycles. The summed E-state index contributed by atoms with van der Waals surface area (Å²) in [5.74, 6) is -0.745. The third kappa shape index (κ3) is 52.9. The van der Waals surface area contributed by atoms with Crippen molar-refractivity contribution in [3.8, 4) is 0 Å². The van der Waals surface area contributed by atoms with E-state index in [-0.39, 0.29) is 6.42 Å². The molecular weight excluding hydrogens is 219 g/mol. The van der Waals surface area contributed by atoms with Gasteiger partial charge < -0.3 is 15.2 Å². The van der Waals surface area contributed by atoms with E-state index >= 15 is 0 Å². The summed E-state index contributed by atoms with van der Waals surface area (Å²) in [6, 6.07) is 12.0. The van der Waals surface area contributed by atoms with Gasteiger partial charge in [-0.3, -0.25) is 4.79 Å². The summed E-state index contributed by atoms with van der Waals surface area (Å²) in [4.78, 5) is 9.37. The Bertz CT molecular complexity index is 198. The summed E-state index contributed by atoms with van der Waals surface area (Å²) in [5, 5.41) is 22.9. The van der Waals surface area contributed by atoms with E-state index < -0.39 is 13.1 Å². The lowest BCUT2D eigenvalue weighted by Gasteiger charge is -1.71. The molecule has 0 unspecified atom stereocenters. The van der Waals surface area contributed by atoms with E-state index in [1.54, 1.807) is 6.92 Å². The van der Waals surface area contributed by atoms with Crippen LogP contribution in [0, 0.1) is 0 Å². The van der Waals surface area contributed by atoms with Crippen molar-refractivity contribution in [2.75, 3.05) is 0 Å². The van der Waals surface area contributed by atoms with Crippen LogP contribution in [0.25, 0.3) is 0 Å². The first-order valence-corrected chi connectivity index (χ1v) is 5.58. The van der Waals surface area contributed by atoms with Gasteiger partial charge in [-0.1, -0.05) is 57.2 Å². The van der Waals surface area contributed by atoms with Crippen LogP contribution in [0.2, 0.25) is 6.82 Å². The highest BCUT2D eigenvalue weighted by Crippen LogP contribution is 1.79. The molecule has 1 aromatic rings. The van der Waals surface area contributed by atoms with Crippen LogP contribution in [0.3, 0.4) is 0 Å². The lowest BCUT2D eigenvalue weighted by Crippen LogP contribution is -2.00. The fourth-order valence-corrected chi connectivity index (χ4v) is 0.385. The second kappa shape index (κ2) is 20.1. The van der Waals surface area contributed by atoms with Gasteiger partial charge in [-0.05, 0) is 6.82 Å². The smallest absolute Gasteiger partial charge is 0.448 e. The van der Waals surface area contributed by atoms with Crippen molar-refractivity contribution in [2.45, 2.75) is 34.0 Å². The summed E-state index contributed by atoms with van der Waals surface area (Å²) >= 11 is 0. The molecule has 5 heteroatoms. The molecular formula is C12H23BO4. The Morgan fingerprint density at radius 3 is 1.18 bits per heavy atom. The van der Waals surface area contributed by atoms with Gasteiger partial charge in [0.2, 0.25) is 0 Å². The molecule has 0 spiro atoms. The summed E-state index contributed by atoms with van der Waals surface area (Å²) in [5.41, 5.74) is 0.